The Morgan fingerprint density at radius 1 is 1.43 bits per heavy atom. The van der Waals surface area contributed by atoms with Gasteiger partial charge < -0.3 is 14.5 Å². The molecule has 8 nitrogen and oxygen atoms in total. The number of nitro groups is 1. The zero-order chi connectivity index (χ0) is 15.4. The van der Waals surface area contributed by atoms with Crippen LogP contribution in [0.2, 0.25) is 0 Å². The van der Waals surface area contributed by atoms with Gasteiger partial charge >= 0.3 is 5.63 Å². The van der Waals surface area contributed by atoms with Crippen molar-refractivity contribution in [1.29, 1.82) is 0 Å². The third-order valence-electron chi connectivity index (χ3n) is 2.77. The fourth-order valence-electron chi connectivity index (χ4n) is 1.76. The first-order valence-corrected chi connectivity index (χ1v) is 6.02. The molecule has 0 radical (unpaired) electrons. The van der Waals surface area contributed by atoms with E-state index >= 15 is 0 Å². The molecule has 0 bridgehead atoms. The summed E-state index contributed by atoms with van der Waals surface area (Å²) >= 11 is 0. The number of hydrogen-bond donors (Lipinski definition) is 1. The second-order valence-corrected chi connectivity index (χ2v) is 4.18. The number of nitrogens with zero attached hydrogens (tertiary/aromatic N) is 1. The predicted molar refractivity (Wildman–Crippen MR) is 73.3 cm³/mol. The molecule has 1 N–H and O–H groups in total. The fourth-order valence-corrected chi connectivity index (χ4v) is 1.76. The monoisotopic (exact) mass is 292 g/mol. The number of carbonyl (C=O) groups is 1. The quantitative estimate of drug-likeness (QED) is 0.501. The Hall–Kier alpha value is -2.74. The molecule has 0 atom stereocenters. The smallest absolute Gasteiger partial charge is 0.344 e. The average Bonchev–Trinajstić information content (AvgIpc) is 2.46. The lowest BCUT2D eigenvalue weighted by molar-refractivity contribution is -0.384. The summed E-state index contributed by atoms with van der Waals surface area (Å²) in [6.07, 6.45) is 0. The summed E-state index contributed by atoms with van der Waals surface area (Å²) < 4.78 is 9.69. The number of benzene rings is 1. The molecule has 0 aliphatic rings. The molecular formula is C13H12N2O6. The van der Waals surface area contributed by atoms with Crippen molar-refractivity contribution in [3.05, 3.63) is 50.6 Å². The molecule has 8 heteroatoms. The Balaban J connectivity index is 2.40. The molecule has 0 saturated carbocycles. The number of methoxy groups -OCH3 is 1. The summed E-state index contributed by atoms with van der Waals surface area (Å²) in [4.78, 5) is 33.7. The molecule has 21 heavy (non-hydrogen) atoms. The number of carbonyl (C=O) groups excluding carboxylic acids is 1. The van der Waals surface area contributed by atoms with Crippen LogP contribution >= 0.6 is 0 Å². The molecule has 110 valence electrons. The van der Waals surface area contributed by atoms with Gasteiger partial charge in [0.25, 0.3) is 11.6 Å². The molecular weight excluding hydrogens is 280 g/mol. The van der Waals surface area contributed by atoms with Crippen LogP contribution in [0.15, 0.2) is 33.5 Å². The van der Waals surface area contributed by atoms with Crippen molar-refractivity contribution < 1.29 is 18.9 Å². The first-order chi connectivity index (χ1) is 10.0. The van der Waals surface area contributed by atoms with Crippen LogP contribution in [0.3, 0.4) is 0 Å². The highest BCUT2D eigenvalue weighted by molar-refractivity contribution is 5.95. The van der Waals surface area contributed by atoms with Crippen LogP contribution in [0, 0.1) is 10.1 Å². The number of non-ortho nitro benzene ring substituents is 1. The normalized spacial score (nSPS) is 10.5. The van der Waals surface area contributed by atoms with Gasteiger partial charge in [-0.3, -0.25) is 14.9 Å². The summed E-state index contributed by atoms with van der Waals surface area (Å²) in [5.74, 6) is -0.790. The van der Waals surface area contributed by atoms with E-state index in [-0.39, 0.29) is 28.8 Å². The largest absolute Gasteiger partial charge is 0.417 e. The van der Waals surface area contributed by atoms with Crippen molar-refractivity contribution >= 4 is 22.4 Å². The van der Waals surface area contributed by atoms with Gasteiger partial charge in [-0.15, -0.1) is 0 Å². The maximum absolute atomic E-state index is 11.8. The Kier molecular flexibility index (Phi) is 4.29. The summed E-state index contributed by atoms with van der Waals surface area (Å²) in [6.45, 7) is 0.570. The van der Waals surface area contributed by atoms with Crippen molar-refractivity contribution in [2.24, 2.45) is 0 Å². The lowest BCUT2D eigenvalue weighted by Crippen LogP contribution is -2.27. The second-order valence-electron chi connectivity index (χ2n) is 4.18. The van der Waals surface area contributed by atoms with Crippen LogP contribution in [0.25, 0.3) is 10.8 Å². The molecule has 2 rings (SSSR count). The van der Waals surface area contributed by atoms with Gasteiger partial charge in [0.05, 0.1) is 16.9 Å². The Labute approximate surface area is 118 Å². The van der Waals surface area contributed by atoms with E-state index in [1.54, 1.807) is 0 Å². The topological polar surface area (TPSA) is 112 Å². The minimum atomic E-state index is -0.723. The van der Waals surface area contributed by atoms with Crippen LogP contribution in [0.4, 0.5) is 5.69 Å². The molecule has 1 heterocycles. The van der Waals surface area contributed by atoms with Gasteiger partial charge in [0.2, 0.25) is 0 Å². The van der Waals surface area contributed by atoms with Gasteiger partial charge in [0.1, 0.15) is 0 Å². The maximum atomic E-state index is 11.8. The number of amides is 1. The molecule has 0 spiro atoms. The van der Waals surface area contributed by atoms with Gasteiger partial charge in [-0.2, -0.15) is 0 Å². The standard InChI is InChI=1S/C13H12N2O6/c1-20-5-4-14-12(16)11-7-8-6-9(15(18)19)2-3-10(8)13(17)21-11/h2-3,6-7H,4-5H2,1H3,(H,14,16). The van der Waals surface area contributed by atoms with Crippen LogP contribution in [0.5, 0.6) is 0 Å². The summed E-state index contributed by atoms with van der Waals surface area (Å²) in [5.41, 5.74) is -0.891. The zero-order valence-corrected chi connectivity index (χ0v) is 11.1. The van der Waals surface area contributed by atoms with Crippen molar-refractivity contribution in [2.75, 3.05) is 20.3 Å². The molecule has 1 aromatic carbocycles. The number of nitro benzene ring substituents is 1. The summed E-state index contributed by atoms with van der Waals surface area (Å²) in [7, 11) is 1.49. The van der Waals surface area contributed by atoms with E-state index in [1.807, 2.05) is 0 Å². The van der Waals surface area contributed by atoms with E-state index in [2.05, 4.69) is 5.32 Å². The highest BCUT2D eigenvalue weighted by atomic mass is 16.6. The number of rotatable bonds is 5. The van der Waals surface area contributed by atoms with Crippen molar-refractivity contribution in [3.8, 4) is 0 Å². The van der Waals surface area contributed by atoms with Crippen molar-refractivity contribution in [1.82, 2.24) is 5.32 Å². The lowest BCUT2D eigenvalue weighted by atomic mass is 10.1. The summed E-state index contributed by atoms with van der Waals surface area (Å²) in [5, 5.41) is 13.7. The van der Waals surface area contributed by atoms with E-state index in [0.29, 0.717) is 6.61 Å². The molecule has 1 amide bonds. The molecule has 1 aromatic heterocycles. The highest BCUT2D eigenvalue weighted by Gasteiger charge is 2.14. The number of nitrogens with one attached hydrogen (secondary N) is 1. The van der Waals surface area contributed by atoms with Crippen molar-refractivity contribution in [2.45, 2.75) is 0 Å². The SMILES string of the molecule is COCCNC(=O)c1cc2cc([N+](=O)[O-])ccc2c(=O)o1. The Morgan fingerprint density at radius 2 is 2.19 bits per heavy atom. The van der Waals surface area contributed by atoms with Gasteiger partial charge in [0.15, 0.2) is 5.76 Å². The van der Waals surface area contributed by atoms with Gasteiger partial charge in [-0.1, -0.05) is 0 Å². The fraction of sp³-hybridized carbons (Fsp3) is 0.231. The number of ether oxygens (including phenoxy) is 1. The molecule has 0 aliphatic heterocycles. The molecule has 0 saturated heterocycles. The lowest BCUT2D eigenvalue weighted by Gasteiger charge is -2.04. The second kappa shape index (κ2) is 6.14. The predicted octanol–water partition coefficient (Wildman–Crippen LogP) is 1.08. The van der Waals surface area contributed by atoms with Crippen LogP contribution in [-0.4, -0.2) is 31.1 Å². The van der Waals surface area contributed by atoms with Gasteiger partial charge in [-0.05, 0) is 17.5 Å². The maximum Gasteiger partial charge on any atom is 0.344 e. The molecule has 0 aliphatic carbocycles. The number of fused-ring (bicyclic) bond motifs is 1. The molecule has 0 unspecified atom stereocenters. The highest BCUT2D eigenvalue weighted by Crippen LogP contribution is 2.19. The van der Waals surface area contributed by atoms with E-state index in [9.17, 15) is 19.7 Å². The van der Waals surface area contributed by atoms with Crippen molar-refractivity contribution in [3.63, 3.8) is 0 Å². The molecule has 0 fully saturated rings. The van der Waals surface area contributed by atoms with E-state index in [4.69, 9.17) is 9.15 Å². The first kappa shape index (κ1) is 14.7. The Bertz CT molecular complexity index is 752. The first-order valence-electron chi connectivity index (χ1n) is 6.02. The van der Waals surface area contributed by atoms with Crippen LogP contribution < -0.4 is 10.9 Å². The van der Waals surface area contributed by atoms with E-state index in [0.717, 1.165) is 0 Å². The van der Waals surface area contributed by atoms with Crippen LogP contribution in [0.1, 0.15) is 10.6 Å². The van der Waals surface area contributed by atoms with Gasteiger partial charge in [0, 0.05) is 25.8 Å². The zero-order valence-electron chi connectivity index (χ0n) is 11.1. The van der Waals surface area contributed by atoms with E-state index < -0.39 is 16.5 Å². The third-order valence-corrected chi connectivity index (χ3v) is 2.77. The van der Waals surface area contributed by atoms with Gasteiger partial charge in [-0.25, -0.2) is 4.79 Å². The minimum Gasteiger partial charge on any atom is -0.417 e. The van der Waals surface area contributed by atoms with E-state index in [1.165, 1.54) is 31.4 Å². The number of hydrogen-bond acceptors (Lipinski definition) is 6. The third kappa shape index (κ3) is 3.23. The summed E-state index contributed by atoms with van der Waals surface area (Å²) in [6, 6.07) is 5.02. The van der Waals surface area contributed by atoms with Crippen LogP contribution in [-0.2, 0) is 4.74 Å². The molecule has 2 aromatic rings. The Morgan fingerprint density at radius 3 is 2.86 bits per heavy atom. The average molecular weight is 292 g/mol. The minimum absolute atomic E-state index is 0.168.